The van der Waals surface area contributed by atoms with Crippen molar-refractivity contribution >= 4 is 17.2 Å². The van der Waals surface area contributed by atoms with Gasteiger partial charge in [0.05, 0.1) is 0 Å². The zero-order valence-corrected chi connectivity index (χ0v) is 13.6. The largest absolute Gasteiger partial charge is 0.356 e. The molecule has 1 aliphatic heterocycles. The minimum absolute atomic E-state index is 0.115. The van der Waals surface area contributed by atoms with Crippen LogP contribution >= 0.6 is 11.3 Å². The quantitative estimate of drug-likeness (QED) is 0.889. The van der Waals surface area contributed by atoms with Gasteiger partial charge in [-0.15, -0.1) is 21.5 Å². The van der Waals surface area contributed by atoms with Crippen molar-refractivity contribution in [2.45, 2.75) is 51.5 Å². The van der Waals surface area contributed by atoms with E-state index in [4.69, 9.17) is 0 Å². The first kappa shape index (κ1) is 15.2. The number of hydrogen-bond acceptors (Lipinski definition) is 4. The van der Waals surface area contributed by atoms with Crippen LogP contribution in [0.2, 0.25) is 0 Å². The molecule has 5 nitrogen and oxygen atoms in total. The van der Waals surface area contributed by atoms with Crippen LogP contribution in [0.4, 0.5) is 0 Å². The molecule has 0 atom stereocenters. The highest BCUT2D eigenvalue weighted by molar-refractivity contribution is 7.09. The van der Waals surface area contributed by atoms with Gasteiger partial charge in [-0.1, -0.05) is 12.5 Å². The Morgan fingerprint density at radius 3 is 3.09 bits per heavy atom. The van der Waals surface area contributed by atoms with Gasteiger partial charge in [0.25, 0.3) is 0 Å². The summed E-state index contributed by atoms with van der Waals surface area (Å²) in [5.74, 6) is 2.23. The predicted molar refractivity (Wildman–Crippen MR) is 86.9 cm³/mol. The second kappa shape index (κ2) is 7.54. The summed E-state index contributed by atoms with van der Waals surface area (Å²) in [6, 6.07) is 4.10. The molecule has 0 fully saturated rings. The van der Waals surface area contributed by atoms with Crippen LogP contribution < -0.4 is 5.32 Å². The van der Waals surface area contributed by atoms with Crippen molar-refractivity contribution in [2.75, 3.05) is 6.54 Å². The number of nitrogens with zero attached hydrogens (tertiary/aromatic N) is 3. The van der Waals surface area contributed by atoms with Gasteiger partial charge in [0, 0.05) is 37.2 Å². The van der Waals surface area contributed by atoms with Crippen LogP contribution in [0.3, 0.4) is 0 Å². The van der Waals surface area contributed by atoms with E-state index in [-0.39, 0.29) is 5.91 Å². The Morgan fingerprint density at radius 2 is 2.23 bits per heavy atom. The molecule has 0 spiro atoms. The van der Waals surface area contributed by atoms with Gasteiger partial charge in [0.2, 0.25) is 5.91 Å². The van der Waals surface area contributed by atoms with E-state index in [0.29, 0.717) is 13.0 Å². The first-order valence-corrected chi connectivity index (χ1v) is 8.91. The van der Waals surface area contributed by atoms with E-state index in [1.165, 1.54) is 24.1 Å². The van der Waals surface area contributed by atoms with Crippen LogP contribution in [0.1, 0.15) is 42.2 Å². The fourth-order valence-electron chi connectivity index (χ4n) is 2.82. The molecule has 2 aromatic rings. The lowest BCUT2D eigenvalue weighted by atomic mass is 10.2. The van der Waals surface area contributed by atoms with Crippen molar-refractivity contribution in [1.29, 1.82) is 0 Å². The minimum Gasteiger partial charge on any atom is -0.356 e. The second-order valence-electron chi connectivity index (χ2n) is 5.67. The number of hydrogen-bond donors (Lipinski definition) is 1. The van der Waals surface area contributed by atoms with Crippen molar-refractivity contribution in [3.05, 3.63) is 34.0 Å². The first-order valence-electron chi connectivity index (χ1n) is 8.03. The summed E-state index contributed by atoms with van der Waals surface area (Å²) in [5.41, 5.74) is 0. The van der Waals surface area contributed by atoms with E-state index in [0.717, 1.165) is 37.5 Å². The van der Waals surface area contributed by atoms with Crippen LogP contribution in [0.25, 0.3) is 0 Å². The number of carbonyl (C=O) groups excluding carboxylic acids is 1. The summed E-state index contributed by atoms with van der Waals surface area (Å²) < 4.78 is 2.24. The Balaban J connectivity index is 1.43. The molecule has 1 aliphatic rings. The average molecular weight is 318 g/mol. The number of aryl methyl sites for hydroxylation is 2. The molecule has 0 aliphatic carbocycles. The molecule has 0 unspecified atom stereocenters. The Labute approximate surface area is 134 Å². The van der Waals surface area contributed by atoms with E-state index < -0.39 is 0 Å². The van der Waals surface area contributed by atoms with E-state index in [1.807, 2.05) is 11.4 Å². The predicted octanol–water partition coefficient (Wildman–Crippen LogP) is 2.36. The topological polar surface area (TPSA) is 59.8 Å². The van der Waals surface area contributed by atoms with Crippen molar-refractivity contribution < 1.29 is 4.79 Å². The van der Waals surface area contributed by atoms with Gasteiger partial charge in [0.15, 0.2) is 0 Å². The Bertz CT molecular complexity index is 606. The molecule has 0 radical (unpaired) electrons. The van der Waals surface area contributed by atoms with E-state index in [9.17, 15) is 4.79 Å². The molecule has 0 saturated carbocycles. The fraction of sp³-hybridized carbons (Fsp3) is 0.562. The number of thiophene rings is 1. The number of fused-ring (bicyclic) bond motifs is 1. The Morgan fingerprint density at radius 1 is 1.27 bits per heavy atom. The number of aromatic nitrogens is 3. The maximum absolute atomic E-state index is 11.9. The zero-order chi connectivity index (χ0) is 15.2. The van der Waals surface area contributed by atoms with Crippen molar-refractivity contribution in [3.63, 3.8) is 0 Å². The SMILES string of the molecule is O=C(CCc1cccs1)NCCc1nnc2n1CCCCC2. The van der Waals surface area contributed by atoms with Gasteiger partial charge in [-0.25, -0.2) is 0 Å². The van der Waals surface area contributed by atoms with Crippen LogP contribution in [-0.4, -0.2) is 27.2 Å². The van der Waals surface area contributed by atoms with Gasteiger partial charge in [-0.05, 0) is 30.7 Å². The third kappa shape index (κ3) is 3.94. The highest BCUT2D eigenvalue weighted by Crippen LogP contribution is 2.14. The van der Waals surface area contributed by atoms with Gasteiger partial charge in [-0.2, -0.15) is 0 Å². The molecule has 22 heavy (non-hydrogen) atoms. The number of amides is 1. The standard InChI is InChI=1S/C16H22N4OS/c21-16(8-7-13-5-4-12-22-13)17-10-9-15-19-18-14-6-2-1-3-11-20(14)15/h4-5,12H,1-3,6-11H2,(H,17,21). The van der Waals surface area contributed by atoms with Crippen molar-refractivity contribution in [1.82, 2.24) is 20.1 Å². The van der Waals surface area contributed by atoms with Gasteiger partial charge in [0.1, 0.15) is 11.6 Å². The number of nitrogens with one attached hydrogen (secondary N) is 1. The molecular formula is C16H22N4OS. The lowest BCUT2D eigenvalue weighted by Gasteiger charge is -2.07. The molecular weight excluding hydrogens is 296 g/mol. The first-order chi connectivity index (χ1) is 10.8. The normalized spacial score (nSPS) is 14.4. The van der Waals surface area contributed by atoms with Crippen LogP contribution in [0.15, 0.2) is 17.5 Å². The Kier molecular flexibility index (Phi) is 5.21. The molecule has 118 valence electrons. The molecule has 0 saturated heterocycles. The smallest absolute Gasteiger partial charge is 0.220 e. The summed E-state index contributed by atoms with van der Waals surface area (Å²) in [6.07, 6.45) is 6.84. The average Bonchev–Trinajstić information content (AvgIpc) is 3.11. The van der Waals surface area contributed by atoms with Crippen LogP contribution in [0, 0.1) is 0 Å². The maximum atomic E-state index is 11.9. The van der Waals surface area contributed by atoms with Gasteiger partial charge in [-0.3, -0.25) is 4.79 Å². The van der Waals surface area contributed by atoms with E-state index in [1.54, 1.807) is 11.3 Å². The molecule has 3 rings (SSSR count). The molecule has 3 heterocycles. The zero-order valence-electron chi connectivity index (χ0n) is 12.8. The highest BCUT2D eigenvalue weighted by Gasteiger charge is 2.14. The van der Waals surface area contributed by atoms with E-state index in [2.05, 4.69) is 26.1 Å². The third-order valence-corrected chi connectivity index (χ3v) is 4.97. The fourth-order valence-corrected chi connectivity index (χ4v) is 3.53. The number of carbonyl (C=O) groups is 1. The van der Waals surface area contributed by atoms with Crippen molar-refractivity contribution in [3.8, 4) is 0 Å². The minimum atomic E-state index is 0.115. The molecule has 6 heteroatoms. The van der Waals surface area contributed by atoms with Crippen LogP contribution in [-0.2, 0) is 30.6 Å². The second-order valence-corrected chi connectivity index (χ2v) is 6.71. The summed E-state index contributed by atoms with van der Waals surface area (Å²) in [7, 11) is 0. The summed E-state index contributed by atoms with van der Waals surface area (Å²) in [4.78, 5) is 13.1. The monoisotopic (exact) mass is 318 g/mol. The van der Waals surface area contributed by atoms with E-state index >= 15 is 0 Å². The maximum Gasteiger partial charge on any atom is 0.220 e. The van der Waals surface area contributed by atoms with Gasteiger partial charge < -0.3 is 9.88 Å². The van der Waals surface area contributed by atoms with Crippen LogP contribution in [0.5, 0.6) is 0 Å². The van der Waals surface area contributed by atoms with Crippen molar-refractivity contribution in [2.24, 2.45) is 0 Å². The number of rotatable bonds is 6. The summed E-state index contributed by atoms with van der Waals surface area (Å²) in [5, 5.41) is 13.6. The summed E-state index contributed by atoms with van der Waals surface area (Å²) in [6.45, 7) is 1.66. The molecule has 2 aromatic heterocycles. The molecule has 0 bridgehead atoms. The third-order valence-electron chi connectivity index (χ3n) is 4.04. The summed E-state index contributed by atoms with van der Waals surface area (Å²) >= 11 is 1.70. The lowest BCUT2D eigenvalue weighted by Crippen LogP contribution is -2.26. The lowest BCUT2D eigenvalue weighted by molar-refractivity contribution is -0.121. The highest BCUT2D eigenvalue weighted by atomic mass is 32.1. The Hall–Kier alpha value is -1.69. The van der Waals surface area contributed by atoms with Gasteiger partial charge >= 0.3 is 0 Å². The molecule has 1 amide bonds. The molecule has 1 N–H and O–H groups in total. The molecule has 0 aromatic carbocycles.